The number of amides is 1. The van der Waals surface area contributed by atoms with E-state index in [1.54, 1.807) is 20.8 Å². The van der Waals surface area contributed by atoms with E-state index in [1.165, 1.54) is 26.5 Å². The number of nitrogens with one attached hydrogen (secondary N) is 1. The molecule has 1 atom stereocenters. The number of carbonyl (C=O) groups is 3. The summed E-state index contributed by atoms with van der Waals surface area (Å²) in [4.78, 5) is 40.8. The lowest BCUT2D eigenvalue weighted by atomic mass is 9.82. The molecule has 0 bridgehead atoms. The molecule has 0 saturated carbocycles. The number of ether oxygens (including phenoxy) is 3. The quantitative estimate of drug-likeness (QED) is 0.312. The second-order valence-corrected chi connectivity index (χ2v) is 11.2. The van der Waals surface area contributed by atoms with Crippen LogP contribution in [0.1, 0.15) is 69.4 Å². The smallest absolute Gasteiger partial charge is 0.407 e. The molecule has 0 spiro atoms. The zero-order valence-corrected chi connectivity index (χ0v) is 24.8. The van der Waals surface area contributed by atoms with Gasteiger partial charge in [-0.25, -0.2) is 14.4 Å². The Morgan fingerprint density at radius 3 is 2.20 bits per heavy atom. The first kappa shape index (κ1) is 30.5. The number of anilines is 1. The summed E-state index contributed by atoms with van der Waals surface area (Å²) in [5.41, 5.74) is 3.90. The van der Waals surface area contributed by atoms with Crippen LogP contribution in [-0.2, 0) is 19.0 Å². The van der Waals surface area contributed by atoms with Crippen LogP contribution in [0.5, 0.6) is 0 Å². The lowest BCUT2D eigenvalue weighted by Crippen LogP contribution is -2.44. The van der Waals surface area contributed by atoms with Gasteiger partial charge in [-0.15, -0.1) is 0 Å². The van der Waals surface area contributed by atoms with Crippen LogP contribution in [-0.4, -0.2) is 50.4 Å². The third kappa shape index (κ3) is 6.76. The second-order valence-electron chi connectivity index (χ2n) is 11.2. The van der Waals surface area contributed by atoms with Gasteiger partial charge in [-0.2, -0.15) is 0 Å². The maximum absolute atomic E-state index is 13.5. The highest BCUT2D eigenvalue weighted by molar-refractivity contribution is 6.06. The molecule has 1 aromatic carbocycles. The summed E-state index contributed by atoms with van der Waals surface area (Å²) in [5, 5.41) is 2.88. The van der Waals surface area contributed by atoms with Crippen LogP contribution in [0.25, 0.3) is 5.57 Å². The maximum atomic E-state index is 13.5. The van der Waals surface area contributed by atoms with E-state index in [0.29, 0.717) is 23.1 Å². The van der Waals surface area contributed by atoms with Gasteiger partial charge in [0, 0.05) is 17.8 Å². The monoisotopic (exact) mass is 552 g/mol. The second kappa shape index (κ2) is 12.4. The molecule has 2 aromatic rings. The Morgan fingerprint density at radius 2 is 1.65 bits per heavy atom. The van der Waals surface area contributed by atoms with Crippen LogP contribution >= 0.6 is 0 Å². The Hall–Kier alpha value is -4.01. The summed E-state index contributed by atoms with van der Waals surface area (Å²) in [5.74, 6) is -0.676. The number of methoxy groups -OCH3 is 2. The highest BCUT2D eigenvalue weighted by Gasteiger charge is 2.40. The SMILES string of the molecule is COC(=O)C1=C(c2ccc(C)cc2)C(CNC(=O)OC(C)(C)C)=C(CC(C)C)N(c2occc2C(=O)OC)C1C. The first-order valence-corrected chi connectivity index (χ1v) is 13.3. The molecule has 9 nitrogen and oxygen atoms in total. The number of benzene rings is 1. The molecule has 0 aliphatic carbocycles. The van der Waals surface area contributed by atoms with Gasteiger partial charge in [0.2, 0.25) is 5.88 Å². The van der Waals surface area contributed by atoms with Gasteiger partial charge < -0.3 is 28.8 Å². The molecule has 9 heteroatoms. The van der Waals surface area contributed by atoms with E-state index in [0.717, 1.165) is 16.8 Å². The number of rotatable bonds is 8. The van der Waals surface area contributed by atoms with Crippen molar-refractivity contribution >= 4 is 29.5 Å². The Morgan fingerprint density at radius 1 is 1.02 bits per heavy atom. The predicted molar refractivity (Wildman–Crippen MR) is 153 cm³/mol. The van der Waals surface area contributed by atoms with Crippen LogP contribution in [0.3, 0.4) is 0 Å². The lowest BCUT2D eigenvalue weighted by molar-refractivity contribution is -0.136. The third-order valence-corrected chi connectivity index (χ3v) is 6.44. The van der Waals surface area contributed by atoms with E-state index in [9.17, 15) is 14.4 Å². The molecule has 40 heavy (non-hydrogen) atoms. The average Bonchev–Trinajstić information content (AvgIpc) is 3.35. The first-order chi connectivity index (χ1) is 18.8. The summed E-state index contributed by atoms with van der Waals surface area (Å²) in [6.07, 6.45) is 1.38. The van der Waals surface area contributed by atoms with E-state index < -0.39 is 29.7 Å². The van der Waals surface area contributed by atoms with Crippen LogP contribution in [0.15, 0.2) is 57.9 Å². The summed E-state index contributed by atoms with van der Waals surface area (Å²) in [7, 11) is 2.63. The van der Waals surface area contributed by atoms with Gasteiger partial charge in [-0.05, 0) is 64.2 Å². The molecule has 1 amide bonds. The summed E-state index contributed by atoms with van der Waals surface area (Å²) < 4.78 is 21.7. The molecule has 1 N–H and O–H groups in total. The van der Waals surface area contributed by atoms with Gasteiger partial charge in [0.15, 0.2) is 0 Å². The van der Waals surface area contributed by atoms with E-state index in [1.807, 2.05) is 43.0 Å². The molecule has 0 saturated heterocycles. The topological polar surface area (TPSA) is 107 Å². The summed E-state index contributed by atoms with van der Waals surface area (Å²) in [6, 6.07) is 8.79. The minimum Gasteiger partial charge on any atom is -0.466 e. The number of carbonyl (C=O) groups excluding carboxylic acids is 3. The molecule has 1 aromatic heterocycles. The molecule has 1 aliphatic rings. The fourth-order valence-corrected chi connectivity index (χ4v) is 4.78. The Labute approximate surface area is 236 Å². The van der Waals surface area contributed by atoms with E-state index in [2.05, 4.69) is 19.2 Å². The van der Waals surface area contributed by atoms with Crippen molar-refractivity contribution in [1.82, 2.24) is 5.32 Å². The molecular formula is C31H40N2O7. The predicted octanol–water partition coefficient (Wildman–Crippen LogP) is 6.03. The summed E-state index contributed by atoms with van der Waals surface area (Å²) >= 11 is 0. The maximum Gasteiger partial charge on any atom is 0.407 e. The largest absolute Gasteiger partial charge is 0.466 e. The van der Waals surface area contributed by atoms with E-state index >= 15 is 0 Å². The van der Waals surface area contributed by atoms with Gasteiger partial charge >= 0.3 is 18.0 Å². The van der Waals surface area contributed by atoms with Gasteiger partial charge in [-0.1, -0.05) is 43.7 Å². The minimum absolute atomic E-state index is 0.0537. The number of hydrogen-bond donors (Lipinski definition) is 1. The highest BCUT2D eigenvalue weighted by atomic mass is 16.6. The van der Waals surface area contributed by atoms with Crippen molar-refractivity contribution in [2.24, 2.45) is 5.92 Å². The zero-order valence-electron chi connectivity index (χ0n) is 24.8. The van der Waals surface area contributed by atoms with Crippen LogP contribution in [0.4, 0.5) is 10.7 Å². The molecule has 0 radical (unpaired) electrons. The van der Waals surface area contributed by atoms with Crippen LogP contribution in [0, 0.1) is 12.8 Å². The molecule has 1 aliphatic heterocycles. The van der Waals surface area contributed by atoms with Crippen molar-refractivity contribution in [2.75, 3.05) is 25.7 Å². The van der Waals surface area contributed by atoms with Crippen molar-refractivity contribution < 1.29 is 33.0 Å². The standard InChI is InChI=1S/C31H40N2O7/c1-18(2)16-24-23(17-32-30(36)40-31(5,6)7)26(21-12-10-19(3)11-13-21)25(29(35)38-9)20(4)33(24)27-22(14-15-39-27)28(34)37-8/h10-15,18,20H,16-17H2,1-9H3,(H,32,36). The van der Waals surface area contributed by atoms with Crippen LogP contribution < -0.4 is 10.2 Å². The van der Waals surface area contributed by atoms with E-state index in [4.69, 9.17) is 18.6 Å². The van der Waals surface area contributed by atoms with Gasteiger partial charge in [0.1, 0.15) is 11.2 Å². The molecule has 0 fully saturated rings. The minimum atomic E-state index is -0.692. The van der Waals surface area contributed by atoms with Gasteiger partial charge in [0.25, 0.3) is 0 Å². The number of aryl methyl sites for hydroxylation is 1. The normalized spacial score (nSPS) is 15.8. The Bertz CT molecular complexity index is 1310. The van der Waals surface area contributed by atoms with Crippen molar-refractivity contribution in [3.63, 3.8) is 0 Å². The highest BCUT2D eigenvalue weighted by Crippen LogP contribution is 2.44. The fourth-order valence-electron chi connectivity index (χ4n) is 4.78. The van der Waals surface area contributed by atoms with Crippen molar-refractivity contribution in [3.8, 4) is 0 Å². The number of furan rings is 1. The Kier molecular flexibility index (Phi) is 9.50. The molecule has 1 unspecified atom stereocenters. The fraction of sp³-hybridized carbons (Fsp3) is 0.452. The van der Waals surface area contributed by atoms with Crippen LogP contribution in [0.2, 0.25) is 0 Å². The van der Waals surface area contributed by atoms with Crippen molar-refractivity contribution in [3.05, 3.63) is 70.1 Å². The van der Waals surface area contributed by atoms with Crippen molar-refractivity contribution in [1.29, 1.82) is 0 Å². The molecule has 2 heterocycles. The summed E-state index contributed by atoms with van der Waals surface area (Å²) in [6.45, 7) is 13.4. The third-order valence-electron chi connectivity index (χ3n) is 6.44. The molecular weight excluding hydrogens is 512 g/mol. The number of alkyl carbamates (subject to hydrolysis) is 1. The first-order valence-electron chi connectivity index (χ1n) is 13.3. The number of hydrogen-bond acceptors (Lipinski definition) is 8. The average molecular weight is 553 g/mol. The van der Waals surface area contributed by atoms with Gasteiger partial charge in [0.05, 0.1) is 32.1 Å². The van der Waals surface area contributed by atoms with Gasteiger partial charge in [-0.3, -0.25) is 0 Å². The van der Waals surface area contributed by atoms with E-state index in [-0.39, 0.29) is 23.9 Å². The number of nitrogens with zero attached hydrogens (tertiary/aromatic N) is 1. The van der Waals surface area contributed by atoms with Crippen molar-refractivity contribution in [2.45, 2.75) is 66.5 Å². The zero-order chi connectivity index (χ0) is 29.8. The molecule has 3 rings (SSSR count). The molecule has 216 valence electrons. The number of esters is 2. The number of allylic oxidation sites excluding steroid dienone is 1. The lowest BCUT2D eigenvalue weighted by Gasteiger charge is -2.40. The Balaban J connectivity index is 2.35.